The minimum atomic E-state index is -0.956. The summed E-state index contributed by atoms with van der Waals surface area (Å²) in [6.45, 7) is 2.61. The van der Waals surface area contributed by atoms with Gasteiger partial charge in [-0.15, -0.1) is 0 Å². The number of nitrogens with one attached hydrogen (secondary N) is 2. The number of aryl methyl sites for hydroxylation is 1. The lowest BCUT2D eigenvalue weighted by Gasteiger charge is -2.14. The monoisotopic (exact) mass is 286 g/mol. The molecule has 0 aliphatic rings. The van der Waals surface area contributed by atoms with E-state index in [9.17, 15) is 9.59 Å². The summed E-state index contributed by atoms with van der Waals surface area (Å²) in [5.74, 6) is -0.956. The van der Waals surface area contributed by atoms with E-state index in [1.54, 1.807) is 11.3 Å². The van der Waals surface area contributed by atoms with Crippen molar-refractivity contribution in [3.05, 3.63) is 21.9 Å². The predicted octanol–water partition coefficient (Wildman–Crippen LogP) is 1.35. The fourth-order valence-corrected chi connectivity index (χ4v) is 2.30. The third kappa shape index (κ3) is 5.71. The van der Waals surface area contributed by atoms with Crippen molar-refractivity contribution < 1.29 is 19.4 Å². The third-order valence-corrected chi connectivity index (χ3v) is 3.54. The molecule has 1 aromatic heterocycles. The maximum Gasteiger partial charge on any atom is 0.315 e. The highest BCUT2D eigenvalue weighted by Gasteiger charge is 2.13. The Morgan fingerprint density at radius 3 is 2.68 bits per heavy atom. The predicted molar refractivity (Wildman–Crippen MR) is 72.3 cm³/mol. The van der Waals surface area contributed by atoms with E-state index in [-0.39, 0.29) is 19.0 Å². The van der Waals surface area contributed by atoms with Gasteiger partial charge in [-0.2, -0.15) is 11.3 Å². The third-order valence-electron chi connectivity index (χ3n) is 2.63. The maximum atomic E-state index is 11.5. The van der Waals surface area contributed by atoms with Gasteiger partial charge < -0.3 is 20.5 Å². The lowest BCUT2D eigenvalue weighted by atomic mass is 10.2. The van der Waals surface area contributed by atoms with Crippen LogP contribution >= 0.6 is 11.3 Å². The Morgan fingerprint density at radius 1 is 1.42 bits per heavy atom. The van der Waals surface area contributed by atoms with E-state index in [0.29, 0.717) is 6.54 Å². The summed E-state index contributed by atoms with van der Waals surface area (Å²) in [6.07, 6.45) is -0.661. The number of rotatable bonds is 7. The quantitative estimate of drug-likeness (QED) is 0.706. The van der Waals surface area contributed by atoms with Crippen molar-refractivity contribution in [2.45, 2.75) is 26.0 Å². The first kappa shape index (κ1) is 15.5. The molecule has 0 aliphatic carbocycles. The van der Waals surface area contributed by atoms with Crippen LogP contribution in [0.4, 0.5) is 4.79 Å². The van der Waals surface area contributed by atoms with Gasteiger partial charge in [0.05, 0.1) is 12.5 Å². The van der Waals surface area contributed by atoms with Gasteiger partial charge in [0.25, 0.3) is 0 Å². The van der Waals surface area contributed by atoms with Crippen molar-refractivity contribution in [2.24, 2.45) is 0 Å². The molecule has 106 valence electrons. The van der Waals surface area contributed by atoms with Crippen LogP contribution in [0.15, 0.2) is 10.8 Å². The number of carbonyl (C=O) groups is 2. The Hall–Kier alpha value is -1.60. The van der Waals surface area contributed by atoms with E-state index in [1.807, 2.05) is 17.7 Å². The second-order valence-electron chi connectivity index (χ2n) is 4.10. The van der Waals surface area contributed by atoms with Crippen molar-refractivity contribution >= 4 is 23.3 Å². The number of aliphatic carboxylic acids is 1. The van der Waals surface area contributed by atoms with E-state index in [2.05, 4.69) is 10.6 Å². The van der Waals surface area contributed by atoms with Gasteiger partial charge in [-0.1, -0.05) is 0 Å². The lowest BCUT2D eigenvalue weighted by molar-refractivity contribution is -0.139. The highest BCUT2D eigenvalue weighted by Crippen LogP contribution is 2.12. The second kappa shape index (κ2) is 7.75. The Kier molecular flexibility index (Phi) is 6.31. The maximum absolute atomic E-state index is 11.5. The van der Waals surface area contributed by atoms with Crippen LogP contribution in [-0.4, -0.2) is 36.9 Å². The number of urea groups is 1. The summed E-state index contributed by atoms with van der Waals surface area (Å²) < 4.78 is 4.96. The molecule has 6 nitrogen and oxygen atoms in total. The first-order chi connectivity index (χ1) is 9.02. The van der Waals surface area contributed by atoms with Crippen molar-refractivity contribution in [3.8, 4) is 0 Å². The number of methoxy groups -OCH3 is 1. The van der Waals surface area contributed by atoms with Gasteiger partial charge in [0.2, 0.25) is 0 Å². The molecule has 7 heteroatoms. The second-order valence-corrected chi connectivity index (χ2v) is 4.84. The van der Waals surface area contributed by atoms with Crippen LogP contribution in [0.2, 0.25) is 0 Å². The van der Waals surface area contributed by atoms with Gasteiger partial charge in [-0.3, -0.25) is 4.79 Å². The van der Waals surface area contributed by atoms with E-state index in [1.165, 1.54) is 7.11 Å². The molecule has 0 saturated carbocycles. The number of carbonyl (C=O) groups excluding carboxylic acids is 1. The first-order valence-corrected chi connectivity index (χ1v) is 6.75. The number of carboxylic acids is 1. The molecule has 3 N–H and O–H groups in total. The fourth-order valence-electron chi connectivity index (χ4n) is 1.45. The van der Waals surface area contributed by atoms with Crippen LogP contribution in [0.3, 0.4) is 0 Å². The fraction of sp³-hybridized carbons (Fsp3) is 0.500. The molecule has 0 spiro atoms. The zero-order valence-electron chi connectivity index (χ0n) is 10.9. The van der Waals surface area contributed by atoms with Gasteiger partial charge in [0.1, 0.15) is 0 Å². The van der Waals surface area contributed by atoms with Crippen molar-refractivity contribution in [3.63, 3.8) is 0 Å². The molecule has 0 fully saturated rings. The van der Waals surface area contributed by atoms with Crippen LogP contribution in [0.5, 0.6) is 0 Å². The lowest BCUT2D eigenvalue weighted by Crippen LogP contribution is -2.40. The van der Waals surface area contributed by atoms with Crippen molar-refractivity contribution in [1.29, 1.82) is 0 Å². The van der Waals surface area contributed by atoms with Crippen LogP contribution in [0, 0.1) is 6.92 Å². The average Bonchev–Trinajstić information content (AvgIpc) is 2.77. The number of hydrogen-bond donors (Lipinski definition) is 3. The molecule has 0 radical (unpaired) electrons. The molecule has 1 unspecified atom stereocenters. The zero-order chi connectivity index (χ0) is 14.3. The molecular formula is C12H18N2O4S. The van der Waals surface area contributed by atoms with Gasteiger partial charge in [-0.05, 0) is 28.8 Å². The summed E-state index contributed by atoms with van der Waals surface area (Å²) in [5.41, 5.74) is 2.22. The van der Waals surface area contributed by atoms with Crippen LogP contribution in [0.25, 0.3) is 0 Å². The van der Waals surface area contributed by atoms with Crippen LogP contribution in [-0.2, 0) is 16.1 Å². The SMILES string of the molecule is COC(CNC(=O)NCc1cscc1C)CC(=O)O. The highest BCUT2D eigenvalue weighted by molar-refractivity contribution is 7.08. The van der Waals surface area contributed by atoms with E-state index >= 15 is 0 Å². The molecule has 0 bridgehead atoms. The van der Waals surface area contributed by atoms with Gasteiger partial charge in [0, 0.05) is 20.2 Å². The minimum absolute atomic E-state index is 0.138. The summed E-state index contributed by atoms with van der Waals surface area (Å²) in [4.78, 5) is 22.1. The Bertz CT molecular complexity index is 433. The highest BCUT2D eigenvalue weighted by atomic mass is 32.1. The summed E-state index contributed by atoms with van der Waals surface area (Å²) >= 11 is 1.59. The van der Waals surface area contributed by atoms with Gasteiger partial charge in [-0.25, -0.2) is 4.79 Å². The molecule has 0 aromatic carbocycles. The number of amides is 2. The molecule has 0 aliphatic heterocycles. The smallest absolute Gasteiger partial charge is 0.315 e. The Morgan fingerprint density at radius 2 is 2.16 bits per heavy atom. The summed E-state index contributed by atoms with van der Waals surface area (Å²) in [7, 11) is 1.42. The van der Waals surface area contributed by atoms with Gasteiger partial charge in [0.15, 0.2) is 0 Å². The summed E-state index contributed by atoms with van der Waals surface area (Å²) in [6, 6.07) is -0.335. The van der Waals surface area contributed by atoms with Crippen molar-refractivity contribution in [2.75, 3.05) is 13.7 Å². The largest absolute Gasteiger partial charge is 0.481 e. The van der Waals surface area contributed by atoms with Gasteiger partial charge >= 0.3 is 12.0 Å². The topological polar surface area (TPSA) is 87.7 Å². The molecule has 0 saturated heterocycles. The number of ether oxygens (including phenoxy) is 1. The minimum Gasteiger partial charge on any atom is -0.481 e. The molecular weight excluding hydrogens is 268 g/mol. The Balaban J connectivity index is 2.27. The standard InChI is InChI=1S/C12H18N2O4S/c1-8-6-19-7-9(8)4-13-12(17)14-5-10(18-2)3-11(15)16/h6-7,10H,3-5H2,1-2H3,(H,15,16)(H2,13,14,17). The number of hydrogen-bond acceptors (Lipinski definition) is 4. The van der Waals surface area contributed by atoms with E-state index in [0.717, 1.165) is 11.1 Å². The molecule has 2 amide bonds. The normalized spacial score (nSPS) is 11.9. The number of thiophene rings is 1. The molecule has 19 heavy (non-hydrogen) atoms. The number of carboxylic acid groups (broad SMARTS) is 1. The van der Waals surface area contributed by atoms with Crippen LogP contribution < -0.4 is 10.6 Å². The molecule has 1 aromatic rings. The molecule has 1 atom stereocenters. The molecule has 1 rings (SSSR count). The average molecular weight is 286 g/mol. The van der Waals surface area contributed by atoms with E-state index < -0.39 is 12.1 Å². The zero-order valence-corrected chi connectivity index (χ0v) is 11.8. The first-order valence-electron chi connectivity index (χ1n) is 5.81. The Labute approximate surface area is 115 Å². The molecule has 1 heterocycles. The van der Waals surface area contributed by atoms with Crippen molar-refractivity contribution in [1.82, 2.24) is 10.6 Å². The summed E-state index contributed by atoms with van der Waals surface area (Å²) in [5, 5.41) is 17.9. The van der Waals surface area contributed by atoms with E-state index in [4.69, 9.17) is 9.84 Å². The van der Waals surface area contributed by atoms with Crippen LogP contribution in [0.1, 0.15) is 17.5 Å².